The third-order valence-electron chi connectivity index (χ3n) is 2.77. The number of rotatable bonds is 7. The molecule has 0 aliphatic heterocycles. The van der Waals surface area contributed by atoms with E-state index in [4.69, 9.17) is 9.15 Å². The predicted octanol–water partition coefficient (Wildman–Crippen LogP) is 1.76. The van der Waals surface area contributed by atoms with Crippen LogP contribution in [0.1, 0.15) is 35.2 Å². The summed E-state index contributed by atoms with van der Waals surface area (Å²) in [5.74, 6) is 0.184. The first-order chi connectivity index (χ1) is 9.47. The van der Waals surface area contributed by atoms with Crippen LogP contribution in [-0.2, 0) is 20.8 Å². The van der Waals surface area contributed by atoms with E-state index in [2.05, 4.69) is 4.74 Å². The quantitative estimate of drug-likeness (QED) is 0.710. The fraction of sp³-hybridized carbons (Fsp3) is 0.571. The van der Waals surface area contributed by atoms with Gasteiger partial charge in [-0.15, -0.1) is 0 Å². The summed E-state index contributed by atoms with van der Waals surface area (Å²) in [5, 5.41) is 0. The lowest BCUT2D eigenvalue weighted by atomic mass is 10.2. The number of methoxy groups -OCH3 is 1. The summed E-state index contributed by atoms with van der Waals surface area (Å²) in [4.78, 5) is 24.6. The van der Waals surface area contributed by atoms with Crippen LogP contribution in [0.5, 0.6) is 0 Å². The molecule has 112 valence electrons. The standard InChI is InChI=1S/C14H21NO5/c1-5-19-12(16)6-7-15(3)9-11-8-10(2)13(20-11)14(17)18-4/h8H,5-7,9H2,1-4H3. The van der Waals surface area contributed by atoms with Crippen molar-refractivity contribution in [1.29, 1.82) is 0 Å². The van der Waals surface area contributed by atoms with Gasteiger partial charge in [-0.1, -0.05) is 0 Å². The lowest BCUT2D eigenvalue weighted by molar-refractivity contribution is -0.143. The smallest absolute Gasteiger partial charge is 0.374 e. The van der Waals surface area contributed by atoms with Crippen LogP contribution in [0.2, 0.25) is 0 Å². The first kappa shape index (κ1) is 16.2. The van der Waals surface area contributed by atoms with Crippen molar-refractivity contribution in [3.05, 3.63) is 23.2 Å². The fourth-order valence-electron chi connectivity index (χ4n) is 1.78. The maximum Gasteiger partial charge on any atom is 0.374 e. The number of hydrogen-bond donors (Lipinski definition) is 0. The minimum absolute atomic E-state index is 0.217. The Morgan fingerprint density at radius 3 is 2.70 bits per heavy atom. The van der Waals surface area contributed by atoms with Gasteiger partial charge in [0.15, 0.2) is 0 Å². The van der Waals surface area contributed by atoms with E-state index in [1.54, 1.807) is 19.9 Å². The van der Waals surface area contributed by atoms with Gasteiger partial charge >= 0.3 is 11.9 Å². The van der Waals surface area contributed by atoms with Gasteiger partial charge < -0.3 is 13.9 Å². The topological polar surface area (TPSA) is 69.0 Å². The van der Waals surface area contributed by atoms with E-state index in [9.17, 15) is 9.59 Å². The van der Waals surface area contributed by atoms with E-state index in [0.717, 1.165) is 5.56 Å². The lowest BCUT2D eigenvalue weighted by Gasteiger charge is -2.14. The average Bonchev–Trinajstić information content (AvgIpc) is 2.76. The predicted molar refractivity (Wildman–Crippen MR) is 72.4 cm³/mol. The molecular formula is C14H21NO5. The van der Waals surface area contributed by atoms with Crippen molar-refractivity contribution in [2.45, 2.75) is 26.8 Å². The Bertz CT molecular complexity index is 466. The summed E-state index contributed by atoms with van der Waals surface area (Å²) in [6.07, 6.45) is 0.327. The largest absolute Gasteiger partial charge is 0.466 e. The minimum Gasteiger partial charge on any atom is -0.466 e. The van der Waals surface area contributed by atoms with Crippen LogP contribution < -0.4 is 0 Å². The molecule has 1 aromatic heterocycles. The number of furan rings is 1. The zero-order chi connectivity index (χ0) is 15.1. The summed E-state index contributed by atoms with van der Waals surface area (Å²) in [5.41, 5.74) is 0.741. The van der Waals surface area contributed by atoms with Gasteiger partial charge in [0.25, 0.3) is 0 Å². The van der Waals surface area contributed by atoms with Gasteiger partial charge in [0.05, 0.1) is 26.7 Å². The highest BCUT2D eigenvalue weighted by atomic mass is 16.5. The molecule has 6 heteroatoms. The van der Waals surface area contributed by atoms with Crippen molar-refractivity contribution >= 4 is 11.9 Å². The zero-order valence-corrected chi connectivity index (χ0v) is 12.4. The zero-order valence-electron chi connectivity index (χ0n) is 12.4. The molecule has 0 spiro atoms. The first-order valence-electron chi connectivity index (χ1n) is 6.49. The van der Waals surface area contributed by atoms with E-state index >= 15 is 0 Å². The van der Waals surface area contributed by atoms with Crippen LogP contribution in [0, 0.1) is 6.92 Å². The molecule has 0 N–H and O–H groups in total. The third kappa shape index (κ3) is 4.70. The Morgan fingerprint density at radius 1 is 1.40 bits per heavy atom. The SMILES string of the molecule is CCOC(=O)CCN(C)Cc1cc(C)c(C(=O)OC)o1. The van der Waals surface area contributed by atoms with Gasteiger partial charge in [0.1, 0.15) is 5.76 Å². The Balaban J connectivity index is 2.52. The maximum atomic E-state index is 11.4. The molecule has 0 aliphatic carbocycles. The molecule has 0 aliphatic rings. The number of carbonyl (C=O) groups excluding carboxylic acids is 2. The Labute approximate surface area is 118 Å². The van der Waals surface area contributed by atoms with Crippen LogP contribution >= 0.6 is 0 Å². The molecule has 0 radical (unpaired) electrons. The van der Waals surface area contributed by atoms with E-state index in [0.29, 0.717) is 31.9 Å². The van der Waals surface area contributed by atoms with Gasteiger partial charge in [-0.2, -0.15) is 0 Å². The molecule has 0 saturated carbocycles. The summed E-state index contributed by atoms with van der Waals surface area (Å²) < 4.78 is 15.0. The van der Waals surface area contributed by atoms with Gasteiger partial charge in [0, 0.05) is 12.1 Å². The number of ether oxygens (including phenoxy) is 2. The Hall–Kier alpha value is -1.82. The molecule has 6 nitrogen and oxygen atoms in total. The molecule has 20 heavy (non-hydrogen) atoms. The van der Waals surface area contributed by atoms with Crippen molar-refractivity contribution in [3.8, 4) is 0 Å². The van der Waals surface area contributed by atoms with Crippen LogP contribution in [0.25, 0.3) is 0 Å². The molecule has 1 heterocycles. The molecule has 0 atom stereocenters. The fourth-order valence-corrected chi connectivity index (χ4v) is 1.78. The van der Waals surface area contributed by atoms with Crippen LogP contribution in [0.15, 0.2) is 10.5 Å². The van der Waals surface area contributed by atoms with Crippen LogP contribution in [-0.4, -0.2) is 44.1 Å². The monoisotopic (exact) mass is 283 g/mol. The summed E-state index contributed by atoms with van der Waals surface area (Å²) in [6.45, 7) is 5.03. The van der Waals surface area contributed by atoms with E-state index in [1.807, 2.05) is 11.9 Å². The van der Waals surface area contributed by atoms with Gasteiger partial charge in [-0.3, -0.25) is 9.69 Å². The van der Waals surface area contributed by atoms with Crippen LogP contribution in [0.3, 0.4) is 0 Å². The number of carbonyl (C=O) groups is 2. The van der Waals surface area contributed by atoms with E-state index in [-0.39, 0.29) is 11.7 Å². The summed E-state index contributed by atoms with van der Waals surface area (Å²) in [6, 6.07) is 1.80. The number of nitrogens with zero attached hydrogens (tertiary/aromatic N) is 1. The summed E-state index contributed by atoms with van der Waals surface area (Å²) >= 11 is 0. The van der Waals surface area contributed by atoms with Crippen molar-refractivity contribution < 1.29 is 23.5 Å². The molecule has 0 unspecified atom stereocenters. The van der Waals surface area contributed by atoms with E-state index in [1.165, 1.54) is 7.11 Å². The second-order valence-electron chi connectivity index (χ2n) is 4.51. The third-order valence-corrected chi connectivity index (χ3v) is 2.77. The highest BCUT2D eigenvalue weighted by Gasteiger charge is 2.17. The second kappa shape index (κ2) is 7.69. The highest BCUT2D eigenvalue weighted by Crippen LogP contribution is 2.17. The highest BCUT2D eigenvalue weighted by molar-refractivity contribution is 5.87. The first-order valence-corrected chi connectivity index (χ1v) is 6.49. The van der Waals surface area contributed by atoms with Crippen molar-refractivity contribution in [3.63, 3.8) is 0 Å². The van der Waals surface area contributed by atoms with E-state index < -0.39 is 5.97 Å². The molecule has 0 amide bonds. The molecule has 1 aromatic rings. The minimum atomic E-state index is -0.483. The average molecular weight is 283 g/mol. The number of aryl methyl sites for hydroxylation is 1. The van der Waals surface area contributed by atoms with Crippen molar-refractivity contribution in [2.24, 2.45) is 0 Å². The number of esters is 2. The second-order valence-corrected chi connectivity index (χ2v) is 4.51. The lowest BCUT2D eigenvalue weighted by Crippen LogP contribution is -2.22. The maximum absolute atomic E-state index is 11.4. The molecule has 0 aromatic carbocycles. The molecule has 1 rings (SSSR count). The van der Waals surface area contributed by atoms with Gasteiger partial charge in [-0.25, -0.2) is 4.79 Å². The molecule has 0 saturated heterocycles. The molecule has 0 fully saturated rings. The Morgan fingerprint density at radius 2 is 2.10 bits per heavy atom. The van der Waals surface area contributed by atoms with Crippen LogP contribution in [0.4, 0.5) is 0 Å². The molecule has 0 bridgehead atoms. The normalized spacial score (nSPS) is 10.7. The van der Waals surface area contributed by atoms with Gasteiger partial charge in [-0.05, 0) is 27.0 Å². The van der Waals surface area contributed by atoms with Crippen molar-refractivity contribution in [1.82, 2.24) is 4.90 Å². The summed E-state index contributed by atoms with van der Waals surface area (Å²) in [7, 11) is 3.18. The molecular weight excluding hydrogens is 262 g/mol. The van der Waals surface area contributed by atoms with Crippen molar-refractivity contribution in [2.75, 3.05) is 27.3 Å². The Kier molecular flexibility index (Phi) is 6.24. The van der Waals surface area contributed by atoms with Gasteiger partial charge in [0.2, 0.25) is 5.76 Å². The number of hydrogen-bond acceptors (Lipinski definition) is 6.